The molecule has 0 aliphatic carbocycles. The lowest BCUT2D eigenvalue weighted by atomic mass is 10.2. The van der Waals surface area contributed by atoms with Crippen molar-refractivity contribution in [2.24, 2.45) is 0 Å². The van der Waals surface area contributed by atoms with Gasteiger partial charge in [-0.05, 0) is 25.0 Å². The Kier molecular flexibility index (Phi) is 4.52. The standard InChI is InChI=1S/C15H15F3N4O2/c16-15(17,18)13-11(14(23)20-8-10-4-3-7-24-10)9-21-22(13)12-5-1-2-6-19-12/h1-2,5-6,9-10H,3-4,7-8H2,(H,20,23)/t10-/m1/s1. The molecule has 1 atom stereocenters. The Labute approximate surface area is 135 Å². The van der Waals surface area contributed by atoms with E-state index in [1.165, 1.54) is 12.3 Å². The Morgan fingerprint density at radius 1 is 1.42 bits per heavy atom. The minimum atomic E-state index is -4.75. The Hall–Kier alpha value is -2.42. The molecule has 128 valence electrons. The second kappa shape index (κ2) is 6.60. The first-order valence-corrected chi connectivity index (χ1v) is 7.43. The van der Waals surface area contributed by atoms with Gasteiger partial charge >= 0.3 is 6.18 Å². The van der Waals surface area contributed by atoms with Crippen LogP contribution < -0.4 is 5.32 Å². The lowest BCUT2D eigenvalue weighted by Crippen LogP contribution is -2.33. The van der Waals surface area contributed by atoms with Gasteiger partial charge in [0, 0.05) is 19.3 Å². The summed E-state index contributed by atoms with van der Waals surface area (Å²) in [5.41, 5.74) is -1.68. The van der Waals surface area contributed by atoms with E-state index in [-0.39, 0.29) is 18.5 Å². The number of pyridine rings is 1. The zero-order valence-electron chi connectivity index (χ0n) is 12.6. The van der Waals surface area contributed by atoms with E-state index in [0.717, 1.165) is 19.0 Å². The summed E-state index contributed by atoms with van der Waals surface area (Å²) in [4.78, 5) is 16.0. The largest absolute Gasteiger partial charge is 0.434 e. The molecule has 0 bridgehead atoms. The third-order valence-corrected chi connectivity index (χ3v) is 3.66. The topological polar surface area (TPSA) is 69.0 Å². The molecule has 0 unspecified atom stereocenters. The number of carbonyl (C=O) groups excluding carboxylic acids is 1. The number of hydrogen-bond acceptors (Lipinski definition) is 4. The van der Waals surface area contributed by atoms with Gasteiger partial charge in [-0.25, -0.2) is 9.67 Å². The quantitative estimate of drug-likeness (QED) is 0.926. The van der Waals surface area contributed by atoms with E-state index in [0.29, 0.717) is 11.3 Å². The number of rotatable bonds is 4. The Morgan fingerprint density at radius 3 is 2.88 bits per heavy atom. The molecule has 1 N–H and O–H groups in total. The van der Waals surface area contributed by atoms with Crippen LogP contribution >= 0.6 is 0 Å². The van der Waals surface area contributed by atoms with Gasteiger partial charge in [0.05, 0.1) is 17.9 Å². The first-order valence-electron chi connectivity index (χ1n) is 7.43. The summed E-state index contributed by atoms with van der Waals surface area (Å²) in [6.07, 6.45) is -0.985. The number of hydrogen-bond donors (Lipinski definition) is 1. The zero-order valence-corrected chi connectivity index (χ0v) is 12.6. The number of amides is 1. The van der Waals surface area contributed by atoms with E-state index in [9.17, 15) is 18.0 Å². The molecule has 6 nitrogen and oxygen atoms in total. The molecule has 1 saturated heterocycles. The molecule has 0 aromatic carbocycles. The van der Waals surface area contributed by atoms with E-state index in [4.69, 9.17) is 4.74 Å². The van der Waals surface area contributed by atoms with Crippen LogP contribution in [0.1, 0.15) is 28.9 Å². The molecule has 0 saturated carbocycles. The highest BCUT2D eigenvalue weighted by Crippen LogP contribution is 2.33. The molecule has 0 radical (unpaired) electrons. The van der Waals surface area contributed by atoms with Crippen LogP contribution in [0, 0.1) is 0 Å². The highest BCUT2D eigenvalue weighted by atomic mass is 19.4. The second-order valence-electron chi connectivity index (χ2n) is 5.35. The minimum absolute atomic E-state index is 0.0111. The van der Waals surface area contributed by atoms with Crippen LogP contribution in [-0.4, -0.2) is 39.9 Å². The predicted molar refractivity (Wildman–Crippen MR) is 77.7 cm³/mol. The molecule has 3 rings (SSSR count). The summed E-state index contributed by atoms with van der Waals surface area (Å²) < 4.78 is 46.3. The number of nitrogens with zero attached hydrogens (tertiary/aromatic N) is 3. The van der Waals surface area contributed by atoms with E-state index in [2.05, 4.69) is 15.4 Å². The van der Waals surface area contributed by atoms with Crippen LogP contribution in [0.4, 0.5) is 13.2 Å². The lowest BCUT2D eigenvalue weighted by Gasteiger charge is -2.13. The third kappa shape index (κ3) is 3.40. The van der Waals surface area contributed by atoms with Gasteiger partial charge in [0.15, 0.2) is 11.5 Å². The van der Waals surface area contributed by atoms with Crippen LogP contribution in [-0.2, 0) is 10.9 Å². The van der Waals surface area contributed by atoms with Gasteiger partial charge in [-0.15, -0.1) is 0 Å². The number of aromatic nitrogens is 3. The minimum Gasteiger partial charge on any atom is -0.376 e. The van der Waals surface area contributed by atoms with Gasteiger partial charge in [0.1, 0.15) is 0 Å². The molecule has 1 fully saturated rings. The average Bonchev–Trinajstić information content (AvgIpc) is 3.22. The van der Waals surface area contributed by atoms with Gasteiger partial charge < -0.3 is 10.1 Å². The molecule has 9 heteroatoms. The highest BCUT2D eigenvalue weighted by Gasteiger charge is 2.40. The van der Waals surface area contributed by atoms with Crippen LogP contribution in [0.3, 0.4) is 0 Å². The predicted octanol–water partition coefficient (Wildman–Crippen LogP) is 2.19. The van der Waals surface area contributed by atoms with Crippen molar-refractivity contribution >= 4 is 5.91 Å². The van der Waals surface area contributed by atoms with Crippen molar-refractivity contribution in [3.8, 4) is 5.82 Å². The van der Waals surface area contributed by atoms with Crippen LogP contribution in [0.2, 0.25) is 0 Å². The Morgan fingerprint density at radius 2 is 2.25 bits per heavy atom. The van der Waals surface area contributed by atoms with Crippen LogP contribution in [0.15, 0.2) is 30.6 Å². The molecule has 24 heavy (non-hydrogen) atoms. The third-order valence-electron chi connectivity index (χ3n) is 3.66. The van der Waals surface area contributed by atoms with Crippen LogP contribution in [0.5, 0.6) is 0 Å². The number of nitrogens with one attached hydrogen (secondary N) is 1. The highest BCUT2D eigenvalue weighted by molar-refractivity contribution is 5.95. The number of alkyl halides is 3. The van der Waals surface area contributed by atoms with Crippen LogP contribution in [0.25, 0.3) is 5.82 Å². The normalized spacial score (nSPS) is 17.9. The molecular formula is C15H15F3N4O2. The van der Waals surface area contributed by atoms with Gasteiger partial charge in [-0.1, -0.05) is 6.07 Å². The number of ether oxygens (including phenoxy) is 1. The monoisotopic (exact) mass is 340 g/mol. The van der Waals surface area contributed by atoms with Gasteiger partial charge in [0.25, 0.3) is 5.91 Å². The molecule has 0 spiro atoms. The van der Waals surface area contributed by atoms with E-state index < -0.39 is 23.3 Å². The smallest absolute Gasteiger partial charge is 0.376 e. The van der Waals surface area contributed by atoms with E-state index in [1.54, 1.807) is 12.1 Å². The Bertz CT molecular complexity index is 709. The zero-order chi connectivity index (χ0) is 17.2. The summed E-state index contributed by atoms with van der Waals surface area (Å²) >= 11 is 0. The first kappa shape index (κ1) is 16.4. The summed E-state index contributed by atoms with van der Waals surface area (Å²) in [5, 5.41) is 6.18. The van der Waals surface area contributed by atoms with Crippen molar-refractivity contribution < 1.29 is 22.7 Å². The van der Waals surface area contributed by atoms with Gasteiger partial charge in [-0.3, -0.25) is 4.79 Å². The van der Waals surface area contributed by atoms with Crippen molar-refractivity contribution in [3.63, 3.8) is 0 Å². The SMILES string of the molecule is O=C(NC[C@H]1CCCO1)c1cnn(-c2ccccn2)c1C(F)(F)F. The van der Waals surface area contributed by atoms with Gasteiger partial charge in [0.2, 0.25) is 0 Å². The fourth-order valence-electron chi connectivity index (χ4n) is 2.55. The number of halogens is 3. The maximum Gasteiger partial charge on any atom is 0.434 e. The Balaban J connectivity index is 1.87. The van der Waals surface area contributed by atoms with Crippen molar-refractivity contribution in [1.29, 1.82) is 0 Å². The summed E-state index contributed by atoms with van der Waals surface area (Å²) in [6, 6.07) is 4.51. The molecule has 2 aromatic rings. The molecule has 2 aromatic heterocycles. The van der Waals surface area contributed by atoms with Crippen molar-refractivity contribution in [2.75, 3.05) is 13.2 Å². The molecular weight excluding hydrogens is 325 g/mol. The summed E-state index contributed by atoms with van der Waals surface area (Å²) in [7, 11) is 0. The van der Waals surface area contributed by atoms with E-state index >= 15 is 0 Å². The molecule has 1 aliphatic heterocycles. The van der Waals surface area contributed by atoms with Crippen molar-refractivity contribution in [1.82, 2.24) is 20.1 Å². The maximum absolute atomic E-state index is 13.4. The average molecular weight is 340 g/mol. The number of carbonyl (C=O) groups is 1. The van der Waals surface area contributed by atoms with Gasteiger partial charge in [-0.2, -0.15) is 18.3 Å². The second-order valence-corrected chi connectivity index (χ2v) is 5.35. The first-order chi connectivity index (χ1) is 11.5. The summed E-state index contributed by atoms with van der Waals surface area (Å²) in [6.45, 7) is 0.775. The van der Waals surface area contributed by atoms with Crippen molar-refractivity contribution in [3.05, 3.63) is 41.9 Å². The van der Waals surface area contributed by atoms with E-state index in [1.807, 2.05) is 0 Å². The lowest BCUT2D eigenvalue weighted by molar-refractivity contribution is -0.143. The fourth-order valence-corrected chi connectivity index (χ4v) is 2.55. The molecule has 1 amide bonds. The summed E-state index contributed by atoms with van der Waals surface area (Å²) in [5.74, 6) is -0.844. The fraction of sp³-hybridized carbons (Fsp3) is 0.400. The van der Waals surface area contributed by atoms with Crippen molar-refractivity contribution in [2.45, 2.75) is 25.1 Å². The maximum atomic E-state index is 13.4. The molecule has 1 aliphatic rings. The molecule has 3 heterocycles.